The van der Waals surface area contributed by atoms with Crippen LogP contribution in [-0.2, 0) is 16.1 Å². The lowest BCUT2D eigenvalue weighted by atomic mass is 10.0. The molecule has 0 radical (unpaired) electrons. The molecule has 0 aliphatic carbocycles. The van der Waals surface area contributed by atoms with Gasteiger partial charge in [-0.3, -0.25) is 14.5 Å². The van der Waals surface area contributed by atoms with Crippen molar-refractivity contribution in [3.63, 3.8) is 0 Å². The molecule has 0 bridgehead atoms. The number of amides is 1. The van der Waals surface area contributed by atoms with Crippen LogP contribution in [-0.4, -0.2) is 11.9 Å². The Morgan fingerprint density at radius 3 is 2.39 bits per heavy atom. The van der Waals surface area contributed by atoms with Gasteiger partial charge >= 0.3 is 5.97 Å². The second-order valence-corrected chi connectivity index (χ2v) is 6.92. The van der Waals surface area contributed by atoms with Gasteiger partial charge in [0.2, 0.25) is 0 Å². The number of esters is 1. The molecule has 1 heterocycles. The lowest BCUT2D eigenvalue weighted by Gasteiger charge is -2.26. The molecule has 28 heavy (non-hydrogen) atoms. The minimum Gasteiger partial charge on any atom is -0.461 e. The van der Waals surface area contributed by atoms with E-state index >= 15 is 0 Å². The van der Waals surface area contributed by atoms with Gasteiger partial charge in [-0.2, -0.15) is 0 Å². The third kappa shape index (κ3) is 3.41. The minimum atomic E-state index is -0.368. The van der Waals surface area contributed by atoms with E-state index in [0.717, 1.165) is 22.4 Å². The Kier molecular flexibility index (Phi) is 4.94. The van der Waals surface area contributed by atoms with E-state index in [9.17, 15) is 9.59 Å². The molecule has 3 aromatic carbocycles. The fourth-order valence-electron chi connectivity index (χ4n) is 3.66. The van der Waals surface area contributed by atoms with Gasteiger partial charge in [0.15, 0.2) is 0 Å². The number of benzene rings is 3. The number of carbonyl (C=O) groups is 2. The molecule has 1 aliphatic heterocycles. The van der Waals surface area contributed by atoms with Crippen molar-refractivity contribution in [2.24, 2.45) is 0 Å². The molecule has 1 unspecified atom stereocenters. The summed E-state index contributed by atoms with van der Waals surface area (Å²) in [5.41, 5.74) is 4.27. The van der Waals surface area contributed by atoms with Gasteiger partial charge in [-0.05, 0) is 35.7 Å². The zero-order valence-electron chi connectivity index (χ0n) is 15.7. The number of carbonyl (C=O) groups excluding carboxylic acids is 2. The molecule has 1 atom stereocenters. The molecule has 0 saturated carbocycles. The van der Waals surface area contributed by atoms with Crippen LogP contribution in [0.1, 0.15) is 39.5 Å². The quantitative estimate of drug-likeness (QED) is 0.604. The lowest BCUT2D eigenvalue weighted by Crippen LogP contribution is -2.30. The Hall–Kier alpha value is -3.40. The Labute approximate surface area is 164 Å². The van der Waals surface area contributed by atoms with Gasteiger partial charge in [-0.25, -0.2) is 0 Å². The third-order valence-corrected chi connectivity index (χ3v) is 5.06. The summed E-state index contributed by atoms with van der Waals surface area (Å²) >= 11 is 0. The molecule has 3 aromatic rings. The van der Waals surface area contributed by atoms with Crippen LogP contribution in [0.3, 0.4) is 0 Å². The summed E-state index contributed by atoms with van der Waals surface area (Å²) < 4.78 is 5.48. The van der Waals surface area contributed by atoms with Crippen LogP contribution in [0.25, 0.3) is 0 Å². The summed E-state index contributed by atoms with van der Waals surface area (Å²) in [7, 11) is 0. The molecule has 4 nitrogen and oxygen atoms in total. The maximum absolute atomic E-state index is 13.1. The van der Waals surface area contributed by atoms with Gasteiger partial charge in [-0.15, -0.1) is 0 Å². The van der Waals surface area contributed by atoms with Crippen molar-refractivity contribution in [3.8, 4) is 0 Å². The molecule has 0 N–H and O–H groups in total. The average Bonchev–Trinajstić information content (AvgIpc) is 3.00. The summed E-state index contributed by atoms with van der Waals surface area (Å²) in [6.45, 7) is 2.20. The second-order valence-electron chi connectivity index (χ2n) is 6.92. The van der Waals surface area contributed by atoms with Crippen molar-refractivity contribution in [2.75, 3.05) is 4.90 Å². The number of fused-ring (bicyclic) bond motifs is 1. The van der Waals surface area contributed by atoms with Gasteiger partial charge in [0.25, 0.3) is 5.91 Å². The van der Waals surface area contributed by atoms with Crippen molar-refractivity contribution in [2.45, 2.75) is 26.0 Å². The molecule has 1 amide bonds. The Balaban J connectivity index is 1.59. The first-order chi connectivity index (χ1) is 13.6. The highest BCUT2D eigenvalue weighted by Gasteiger charge is 2.39. The molecule has 4 heteroatoms. The molecular formula is C24H21NO3. The van der Waals surface area contributed by atoms with E-state index in [1.54, 1.807) is 4.90 Å². The van der Waals surface area contributed by atoms with E-state index in [1.165, 1.54) is 0 Å². The SMILES string of the molecule is Cc1ccccc1N1C(=O)c2ccccc2C1CC(=O)OCc1ccccc1. The van der Waals surface area contributed by atoms with Crippen LogP contribution in [0.4, 0.5) is 5.69 Å². The van der Waals surface area contributed by atoms with Gasteiger partial charge in [0.1, 0.15) is 6.61 Å². The summed E-state index contributed by atoms with van der Waals surface area (Å²) in [5.74, 6) is -0.400. The van der Waals surface area contributed by atoms with Gasteiger partial charge in [-0.1, -0.05) is 66.7 Å². The van der Waals surface area contributed by atoms with Crippen LogP contribution < -0.4 is 4.90 Å². The molecule has 140 valence electrons. The first-order valence-electron chi connectivity index (χ1n) is 9.33. The molecule has 4 rings (SSSR count). The largest absolute Gasteiger partial charge is 0.461 e. The van der Waals surface area contributed by atoms with Crippen LogP contribution >= 0.6 is 0 Å². The van der Waals surface area contributed by atoms with Crippen molar-refractivity contribution in [1.82, 2.24) is 0 Å². The zero-order valence-corrected chi connectivity index (χ0v) is 15.7. The Morgan fingerprint density at radius 1 is 0.929 bits per heavy atom. The summed E-state index contributed by atoms with van der Waals surface area (Å²) in [4.78, 5) is 27.4. The molecular weight excluding hydrogens is 350 g/mol. The molecule has 0 spiro atoms. The van der Waals surface area contributed by atoms with Gasteiger partial charge in [0, 0.05) is 11.3 Å². The highest BCUT2D eigenvalue weighted by molar-refractivity contribution is 6.11. The first kappa shape index (κ1) is 18.0. The Morgan fingerprint density at radius 2 is 1.61 bits per heavy atom. The standard InChI is InChI=1S/C24H21NO3/c1-17-9-5-8-14-21(17)25-22(19-12-6-7-13-20(19)24(25)27)15-23(26)28-16-18-10-3-2-4-11-18/h2-14,22H,15-16H2,1H3. The summed E-state index contributed by atoms with van der Waals surface area (Å²) in [6, 6.07) is 24.4. The van der Waals surface area contributed by atoms with Crippen LogP contribution in [0.15, 0.2) is 78.9 Å². The number of anilines is 1. The summed E-state index contributed by atoms with van der Waals surface area (Å²) in [6.07, 6.45) is 0.115. The second kappa shape index (κ2) is 7.69. The monoisotopic (exact) mass is 371 g/mol. The Bertz CT molecular complexity index is 1010. The number of para-hydroxylation sites is 1. The van der Waals surface area contributed by atoms with E-state index in [2.05, 4.69) is 0 Å². The maximum Gasteiger partial charge on any atom is 0.308 e. The fraction of sp³-hybridized carbons (Fsp3) is 0.167. The molecule has 0 fully saturated rings. The number of hydrogen-bond acceptors (Lipinski definition) is 3. The van der Waals surface area contributed by atoms with Gasteiger partial charge < -0.3 is 4.74 Å². The maximum atomic E-state index is 13.1. The van der Waals surface area contributed by atoms with Gasteiger partial charge in [0.05, 0.1) is 12.5 Å². The number of aryl methyl sites for hydroxylation is 1. The van der Waals surface area contributed by atoms with E-state index in [-0.39, 0.29) is 30.9 Å². The zero-order chi connectivity index (χ0) is 19.5. The molecule has 1 aliphatic rings. The smallest absolute Gasteiger partial charge is 0.308 e. The molecule has 0 saturated heterocycles. The minimum absolute atomic E-state index is 0.0780. The lowest BCUT2D eigenvalue weighted by molar-refractivity contribution is -0.145. The first-order valence-corrected chi connectivity index (χ1v) is 9.33. The summed E-state index contributed by atoms with van der Waals surface area (Å²) in [5, 5.41) is 0. The predicted octanol–water partition coefficient (Wildman–Crippen LogP) is 4.83. The number of rotatable bonds is 5. The normalized spacial score (nSPS) is 15.4. The van der Waals surface area contributed by atoms with Crippen molar-refractivity contribution in [3.05, 3.63) is 101 Å². The van der Waals surface area contributed by atoms with E-state index in [0.29, 0.717) is 5.56 Å². The highest BCUT2D eigenvalue weighted by atomic mass is 16.5. The van der Waals surface area contributed by atoms with E-state index < -0.39 is 0 Å². The number of nitrogens with zero attached hydrogens (tertiary/aromatic N) is 1. The fourth-order valence-corrected chi connectivity index (χ4v) is 3.66. The van der Waals surface area contributed by atoms with Crippen LogP contribution in [0.5, 0.6) is 0 Å². The topological polar surface area (TPSA) is 46.6 Å². The van der Waals surface area contributed by atoms with E-state index in [1.807, 2.05) is 85.8 Å². The van der Waals surface area contributed by atoms with Crippen molar-refractivity contribution < 1.29 is 14.3 Å². The van der Waals surface area contributed by atoms with E-state index in [4.69, 9.17) is 4.74 Å². The van der Waals surface area contributed by atoms with Crippen LogP contribution in [0.2, 0.25) is 0 Å². The average molecular weight is 371 g/mol. The predicted molar refractivity (Wildman–Crippen MR) is 108 cm³/mol. The number of ether oxygens (including phenoxy) is 1. The van der Waals surface area contributed by atoms with Crippen LogP contribution in [0, 0.1) is 6.92 Å². The van der Waals surface area contributed by atoms with Crippen molar-refractivity contribution in [1.29, 1.82) is 0 Å². The third-order valence-electron chi connectivity index (χ3n) is 5.06. The van der Waals surface area contributed by atoms with Crippen molar-refractivity contribution >= 4 is 17.6 Å². The number of hydrogen-bond donors (Lipinski definition) is 0. The molecule has 0 aromatic heterocycles. The highest BCUT2D eigenvalue weighted by Crippen LogP contribution is 2.40.